The third-order valence-corrected chi connectivity index (χ3v) is 2.00. The molecule has 0 fully saturated rings. The summed E-state index contributed by atoms with van der Waals surface area (Å²) in [5.74, 6) is 1.75. The molecule has 0 amide bonds. The van der Waals surface area contributed by atoms with Crippen LogP contribution in [0.2, 0.25) is 0 Å². The van der Waals surface area contributed by atoms with Gasteiger partial charge in [-0.15, -0.1) is 13.2 Å². The van der Waals surface area contributed by atoms with Gasteiger partial charge in [-0.1, -0.05) is 49.7 Å². The second-order valence-electron chi connectivity index (χ2n) is 3.23. The molecule has 0 saturated heterocycles. The highest BCUT2D eigenvalue weighted by atomic mass is 16.5. The molecule has 1 heteroatoms. The predicted octanol–water partition coefficient (Wildman–Crippen LogP) is 5.62. The minimum atomic E-state index is 0.872. The fourth-order valence-corrected chi connectivity index (χ4v) is 1.23. The number of hydrogen-bond acceptors (Lipinski definition) is 1. The first-order chi connectivity index (χ1) is 8.84. The molecular formula is C17H22O. The third-order valence-electron chi connectivity index (χ3n) is 2.00. The van der Waals surface area contributed by atoms with Gasteiger partial charge in [0, 0.05) is 0 Å². The van der Waals surface area contributed by atoms with E-state index in [1.807, 2.05) is 68.4 Å². The molecule has 1 nitrogen and oxygen atoms in total. The van der Waals surface area contributed by atoms with Crippen molar-refractivity contribution in [1.29, 1.82) is 0 Å². The Hall–Kier alpha value is -2.02. The molecule has 0 unspecified atom stereocenters. The average molecular weight is 242 g/mol. The second kappa shape index (κ2) is 10.2. The Morgan fingerprint density at radius 3 is 1.67 bits per heavy atom. The topological polar surface area (TPSA) is 9.23 Å². The number of ether oxygens (including phenoxy) is 1. The van der Waals surface area contributed by atoms with Crippen LogP contribution in [0.5, 0.6) is 11.5 Å². The molecule has 0 spiro atoms. The summed E-state index contributed by atoms with van der Waals surface area (Å²) < 4.78 is 5.63. The van der Waals surface area contributed by atoms with Crippen molar-refractivity contribution in [2.75, 3.05) is 0 Å². The van der Waals surface area contributed by atoms with Gasteiger partial charge in [0.05, 0.1) is 0 Å². The van der Waals surface area contributed by atoms with E-state index >= 15 is 0 Å². The monoisotopic (exact) mass is 242 g/mol. The number of aryl methyl sites for hydroxylation is 1. The van der Waals surface area contributed by atoms with Gasteiger partial charge in [-0.25, -0.2) is 0 Å². The van der Waals surface area contributed by atoms with Crippen molar-refractivity contribution in [1.82, 2.24) is 0 Å². The Bertz CT molecular complexity index is 403. The lowest BCUT2D eigenvalue weighted by atomic mass is 10.2. The number of benzene rings is 2. The zero-order valence-electron chi connectivity index (χ0n) is 11.5. The Labute approximate surface area is 111 Å². The van der Waals surface area contributed by atoms with Gasteiger partial charge in [0.2, 0.25) is 0 Å². The Balaban J connectivity index is 0.000000659. The summed E-state index contributed by atoms with van der Waals surface area (Å²) >= 11 is 0. The molecule has 2 aromatic rings. The smallest absolute Gasteiger partial charge is 0.127 e. The van der Waals surface area contributed by atoms with Gasteiger partial charge in [0.1, 0.15) is 11.5 Å². The van der Waals surface area contributed by atoms with E-state index in [1.165, 1.54) is 5.56 Å². The zero-order valence-corrected chi connectivity index (χ0v) is 11.5. The minimum absolute atomic E-state index is 0.872. The van der Waals surface area contributed by atoms with Gasteiger partial charge in [0.25, 0.3) is 0 Å². The summed E-state index contributed by atoms with van der Waals surface area (Å²) in [6.45, 7) is 12.1. The van der Waals surface area contributed by atoms with E-state index in [4.69, 9.17) is 4.74 Å². The van der Waals surface area contributed by atoms with Crippen LogP contribution in [0.3, 0.4) is 0 Å². The van der Waals surface area contributed by atoms with E-state index in [1.54, 1.807) is 0 Å². The molecule has 0 heterocycles. The third kappa shape index (κ3) is 5.90. The van der Waals surface area contributed by atoms with Gasteiger partial charge < -0.3 is 4.74 Å². The predicted molar refractivity (Wildman–Crippen MR) is 80.3 cm³/mol. The Kier molecular flexibility index (Phi) is 9.01. The van der Waals surface area contributed by atoms with Crippen LogP contribution >= 0.6 is 0 Å². The number of hydrogen-bond donors (Lipinski definition) is 0. The van der Waals surface area contributed by atoms with E-state index < -0.39 is 0 Å². The van der Waals surface area contributed by atoms with Gasteiger partial charge in [-0.05, 0) is 31.2 Å². The van der Waals surface area contributed by atoms with Crippen molar-refractivity contribution in [3.63, 3.8) is 0 Å². The first-order valence-corrected chi connectivity index (χ1v) is 6.14. The van der Waals surface area contributed by atoms with Crippen LogP contribution in [0.25, 0.3) is 0 Å². The molecule has 0 radical (unpaired) electrons. The van der Waals surface area contributed by atoms with Gasteiger partial charge >= 0.3 is 0 Å². The summed E-state index contributed by atoms with van der Waals surface area (Å²) in [6, 6.07) is 17.8. The van der Waals surface area contributed by atoms with Crippen LogP contribution in [0, 0.1) is 6.92 Å². The summed E-state index contributed by atoms with van der Waals surface area (Å²) in [5, 5.41) is 0. The van der Waals surface area contributed by atoms with Crippen LogP contribution < -0.4 is 4.74 Å². The number of para-hydroxylation sites is 1. The Morgan fingerprint density at radius 2 is 1.17 bits per heavy atom. The molecule has 2 aromatic carbocycles. The lowest BCUT2D eigenvalue weighted by Gasteiger charge is -2.04. The molecule has 0 saturated carbocycles. The fraction of sp³-hybridized carbons (Fsp3) is 0.176. The maximum atomic E-state index is 5.63. The molecule has 0 aliphatic carbocycles. The van der Waals surface area contributed by atoms with Crippen molar-refractivity contribution >= 4 is 0 Å². The average Bonchev–Trinajstić information content (AvgIpc) is 2.47. The lowest BCUT2D eigenvalue weighted by Crippen LogP contribution is -1.82. The Morgan fingerprint density at radius 1 is 0.722 bits per heavy atom. The van der Waals surface area contributed by atoms with Gasteiger partial charge in [-0.3, -0.25) is 0 Å². The molecule has 0 bridgehead atoms. The first-order valence-electron chi connectivity index (χ1n) is 6.14. The summed E-state index contributed by atoms with van der Waals surface area (Å²) in [6.07, 6.45) is 0. The highest BCUT2D eigenvalue weighted by molar-refractivity contribution is 5.32. The maximum absolute atomic E-state index is 5.63. The second-order valence-corrected chi connectivity index (χ2v) is 3.23. The maximum Gasteiger partial charge on any atom is 0.127 e. The summed E-state index contributed by atoms with van der Waals surface area (Å²) in [5.41, 5.74) is 1.24. The van der Waals surface area contributed by atoms with Crippen molar-refractivity contribution < 1.29 is 4.74 Å². The van der Waals surface area contributed by atoms with Crippen LogP contribution in [-0.2, 0) is 0 Å². The molecule has 0 aliphatic heterocycles. The lowest BCUT2D eigenvalue weighted by molar-refractivity contribution is 0.482. The van der Waals surface area contributed by atoms with Crippen LogP contribution in [0.1, 0.15) is 19.4 Å². The van der Waals surface area contributed by atoms with E-state index in [0.717, 1.165) is 11.5 Å². The SMILES string of the molecule is C=C.CC.Cc1ccc(Oc2ccccc2)cc1. The molecule has 2 rings (SSSR count). The van der Waals surface area contributed by atoms with Crippen molar-refractivity contribution in [2.45, 2.75) is 20.8 Å². The van der Waals surface area contributed by atoms with E-state index in [9.17, 15) is 0 Å². The first kappa shape index (κ1) is 16.0. The molecule has 0 aliphatic rings. The van der Waals surface area contributed by atoms with E-state index in [-0.39, 0.29) is 0 Å². The highest BCUT2D eigenvalue weighted by Gasteiger charge is 1.94. The van der Waals surface area contributed by atoms with Crippen LogP contribution in [-0.4, -0.2) is 0 Å². The number of rotatable bonds is 2. The molecule has 0 atom stereocenters. The zero-order chi connectivity index (χ0) is 13.8. The van der Waals surface area contributed by atoms with Gasteiger partial charge in [-0.2, -0.15) is 0 Å². The minimum Gasteiger partial charge on any atom is -0.457 e. The normalized spacial score (nSPS) is 8.17. The van der Waals surface area contributed by atoms with E-state index in [0.29, 0.717) is 0 Å². The summed E-state index contributed by atoms with van der Waals surface area (Å²) in [4.78, 5) is 0. The van der Waals surface area contributed by atoms with Crippen molar-refractivity contribution in [3.8, 4) is 11.5 Å². The highest BCUT2D eigenvalue weighted by Crippen LogP contribution is 2.20. The van der Waals surface area contributed by atoms with Crippen molar-refractivity contribution in [3.05, 3.63) is 73.3 Å². The van der Waals surface area contributed by atoms with Gasteiger partial charge in [0.15, 0.2) is 0 Å². The quantitative estimate of drug-likeness (QED) is 0.621. The molecule has 0 aromatic heterocycles. The molecule has 0 N–H and O–H groups in total. The van der Waals surface area contributed by atoms with Crippen molar-refractivity contribution in [2.24, 2.45) is 0 Å². The van der Waals surface area contributed by atoms with E-state index in [2.05, 4.69) is 20.1 Å². The van der Waals surface area contributed by atoms with Crippen LogP contribution in [0.4, 0.5) is 0 Å². The standard InChI is InChI=1S/C13H12O.C2H6.C2H4/c1-11-7-9-13(10-8-11)14-12-5-3-2-4-6-12;2*1-2/h2-10H,1H3;1-2H3;1-2H2. The fourth-order valence-electron chi connectivity index (χ4n) is 1.23. The molecule has 96 valence electrons. The molecular weight excluding hydrogens is 220 g/mol. The largest absolute Gasteiger partial charge is 0.457 e. The van der Waals surface area contributed by atoms with Crippen LogP contribution in [0.15, 0.2) is 67.8 Å². The molecule has 18 heavy (non-hydrogen) atoms. The summed E-state index contributed by atoms with van der Waals surface area (Å²) in [7, 11) is 0.